The molecule has 0 radical (unpaired) electrons. The van der Waals surface area contributed by atoms with E-state index in [1.165, 1.54) is 21.9 Å². The Bertz CT molecular complexity index is 1420. The molecule has 0 aliphatic rings. The van der Waals surface area contributed by atoms with Crippen LogP contribution in [0.3, 0.4) is 0 Å². The van der Waals surface area contributed by atoms with Crippen LogP contribution >= 0.6 is 11.8 Å². The van der Waals surface area contributed by atoms with Crippen molar-refractivity contribution >= 4 is 28.6 Å². The van der Waals surface area contributed by atoms with Crippen LogP contribution in [-0.4, -0.2) is 33.2 Å². The van der Waals surface area contributed by atoms with Gasteiger partial charge in [0.25, 0.3) is 5.56 Å². The monoisotopic (exact) mass is 468 g/mol. The molecule has 4 rings (SSSR count). The molecule has 0 fully saturated rings. The molecule has 7 heteroatoms. The molecule has 0 aliphatic heterocycles. The number of carbonyl (C=O) groups excluding carboxylic acids is 1. The number of thioether (sulfide) groups is 1. The molecule has 1 aromatic heterocycles. The van der Waals surface area contributed by atoms with Crippen molar-refractivity contribution in [3.8, 4) is 11.8 Å². The van der Waals surface area contributed by atoms with E-state index in [4.69, 9.17) is 5.26 Å². The van der Waals surface area contributed by atoms with Gasteiger partial charge in [0.1, 0.15) is 0 Å². The third kappa shape index (κ3) is 5.03. The first kappa shape index (κ1) is 23.3. The van der Waals surface area contributed by atoms with Crippen molar-refractivity contribution in [2.45, 2.75) is 25.0 Å². The molecule has 3 aromatic carbocycles. The minimum atomic E-state index is -0.213. The van der Waals surface area contributed by atoms with Crippen LogP contribution in [0, 0.1) is 11.3 Å². The van der Waals surface area contributed by atoms with Gasteiger partial charge in [0.2, 0.25) is 5.91 Å². The van der Waals surface area contributed by atoms with Gasteiger partial charge in [-0.05, 0) is 53.9 Å². The topological polar surface area (TPSA) is 79.0 Å². The molecule has 0 unspecified atom stereocenters. The number of rotatable bonds is 7. The van der Waals surface area contributed by atoms with E-state index < -0.39 is 0 Å². The first-order chi connectivity index (χ1) is 16.5. The van der Waals surface area contributed by atoms with Crippen molar-refractivity contribution in [3.63, 3.8) is 0 Å². The number of aryl methyl sites for hydroxylation is 1. The van der Waals surface area contributed by atoms with Gasteiger partial charge in [-0.1, -0.05) is 55.1 Å². The fourth-order valence-electron chi connectivity index (χ4n) is 3.60. The van der Waals surface area contributed by atoms with Crippen molar-refractivity contribution in [2.75, 3.05) is 12.8 Å². The normalized spacial score (nSPS) is 10.7. The summed E-state index contributed by atoms with van der Waals surface area (Å²) in [5.41, 5.74) is 3.80. The van der Waals surface area contributed by atoms with E-state index in [9.17, 15) is 9.59 Å². The Labute approximate surface area is 202 Å². The average molecular weight is 469 g/mol. The summed E-state index contributed by atoms with van der Waals surface area (Å²) < 4.78 is 1.50. The Morgan fingerprint density at radius 2 is 1.71 bits per heavy atom. The highest BCUT2D eigenvalue weighted by Gasteiger charge is 2.16. The van der Waals surface area contributed by atoms with E-state index in [1.807, 2.05) is 18.2 Å². The summed E-state index contributed by atoms with van der Waals surface area (Å²) in [4.78, 5) is 32.6. The number of nitriles is 1. The maximum absolute atomic E-state index is 13.3. The predicted octanol–water partition coefficient (Wildman–Crippen LogP) is 4.57. The molecule has 34 heavy (non-hydrogen) atoms. The summed E-state index contributed by atoms with van der Waals surface area (Å²) in [5.74, 6) is 0.0864. The Kier molecular flexibility index (Phi) is 7.09. The van der Waals surface area contributed by atoms with Gasteiger partial charge in [0.15, 0.2) is 5.16 Å². The second kappa shape index (κ2) is 10.4. The molecule has 0 atom stereocenters. The Morgan fingerprint density at radius 1 is 1.03 bits per heavy atom. The summed E-state index contributed by atoms with van der Waals surface area (Å²) in [7, 11) is 1.78. The lowest BCUT2D eigenvalue weighted by Gasteiger charge is -2.18. The van der Waals surface area contributed by atoms with Crippen LogP contribution in [0.15, 0.2) is 82.7 Å². The summed E-state index contributed by atoms with van der Waals surface area (Å²) in [5, 5.41) is 10.0. The quantitative estimate of drug-likeness (QED) is 0.293. The SMILES string of the molecule is CCc1ccc(CN(C)C(=O)CSc2nc3ccccc3c(=O)n2-c2ccc(C#N)cc2)cc1. The van der Waals surface area contributed by atoms with E-state index in [2.05, 4.69) is 30.1 Å². The highest BCUT2D eigenvalue weighted by molar-refractivity contribution is 7.99. The molecule has 0 spiro atoms. The number of carbonyl (C=O) groups is 1. The van der Waals surface area contributed by atoms with Crippen LogP contribution in [0.1, 0.15) is 23.6 Å². The smallest absolute Gasteiger partial charge is 0.266 e. The fourth-order valence-corrected chi connectivity index (χ4v) is 4.55. The van der Waals surface area contributed by atoms with E-state index >= 15 is 0 Å². The third-order valence-electron chi connectivity index (χ3n) is 5.60. The molecule has 0 N–H and O–H groups in total. The lowest BCUT2D eigenvalue weighted by Crippen LogP contribution is -2.28. The first-order valence-corrected chi connectivity index (χ1v) is 12.0. The van der Waals surface area contributed by atoms with Gasteiger partial charge in [-0.15, -0.1) is 0 Å². The lowest BCUT2D eigenvalue weighted by atomic mass is 10.1. The average Bonchev–Trinajstić information content (AvgIpc) is 2.88. The fraction of sp³-hybridized carbons (Fsp3) is 0.185. The van der Waals surface area contributed by atoms with Gasteiger partial charge in [0, 0.05) is 13.6 Å². The standard InChI is InChI=1S/C27H24N4O2S/c1-3-19-8-10-21(11-9-19)17-30(2)25(32)18-34-27-29-24-7-5-4-6-23(24)26(33)31(27)22-14-12-20(16-28)13-15-22/h4-15H,3,17-18H2,1-2H3. The van der Waals surface area contributed by atoms with Gasteiger partial charge in [-0.2, -0.15) is 5.26 Å². The minimum Gasteiger partial charge on any atom is -0.341 e. The molecule has 6 nitrogen and oxygen atoms in total. The zero-order chi connectivity index (χ0) is 24.1. The molecule has 4 aromatic rings. The number of hydrogen-bond donors (Lipinski definition) is 0. The second-order valence-corrected chi connectivity index (χ2v) is 8.86. The highest BCUT2D eigenvalue weighted by atomic mass is 32.2. The molecule has 1 amide bonds. The number of benzene rings is 3. The van der Waals surface area contributed by atoms with E-state index in [0.29, 0.717) is 33.9 Å². The summed E-state index contributed by atoms with van der Waals surface area (Å²) in [6.07, 6.45) is 0.978. The molecule has 0 aliphatic carbocycles. The number of nitrogens with zero attached hydrogens (tertiary/aromatic N) is 4. The van der Waals surface area contributed by atoms with Crippen molar-refractivity contribution in [2.24, 2.45) is 0 Å². The van der Waals surface area contributed by atoms with E-state index in [1.54, 1.807) is 54.4 Å². The summed E-state index contributed by atoms with van der Waals surface area (Å²) in [6.45, 7) is 2.62. The van der Waals surface area contributed by atoms with Crippen LogP contribution < -0.4 is 5.56 Å². The third-order valence-corrected chi connectivity index (χ3v) is 6.52. The van der Waals surface area contributed by atoms with Crippen molar-refractivity contribution in [1.82, 2.24) is 14.5 Å². The molecule has 0 saturated carbocycles. The van der Waals surface area contributed by atoms with Crippen molar-refractivity contribution in [1.29, 1.82) is 5.26 Å². The van der Waals surface area contributed by atoms with Crippen LogP contribution in [-0.2, 0) is 17.8 Å². The van der Waals surface area contributed by atoms with Gasteiger partial charge in [0.05, 0.1) is 34.0 Å². The summed E-state index contributed by atoms with van der Waals surface area (Å²) in [6, 6.07) is 24.2. The van der Waals surface area contributed by atoms with Gasteiger partial charge in [-0.25, -0.2) is 4.98 Å². The van der Waals surface area contributed by atoms with Gasteiger partial charge >= 0.3 is 0 Å². The molecule has 1 heterocycles. The zero-order valence-corrected chi connectivity index (χ0v) is 19.9. The Balaban J connectivity index is 1.59. The Morgan fingerprint density at radius 3 is 2.38 bits per heavy atom. The number of hydrogen-bond acceptors (Lipinski definition) is 5. The highest BCUT2D eigenvalue weighted by Crippen LogP contribution is 2.22. The van der Waals surface area contributed by atoms with Crippen molar-refractivity contribution in [3.05, 3.63) is 99.8 Å². The maximum Gasteiger partial charge on any atom is 0.266 e. The van der Waals surface area contributed by atoms with E-state index in [-0.39, 0.29) is 17.2 Å². The van der Waals surface area contributed by atoms with Gasteiger partial charge < -0.3 is 4.90 Å². The lowest BCUT2D eigenvalue weighted by molar-refractivity contribution is -0.127. The van der Waals surface area contributed by atoms with Gasteiger partial charge in [-0.3, -0.25) is 14.2 Å². The number of amides is 1. The van der Waals surface area contributed by atoms with E-state index in [0.717, 1.165) is 12.0 Å². The van der Waals surface area contributed by atoms with Crippen molar-refractivity contribution < 1.29 is 4.79 Å². The predicted molar refractivity (Wildman–Crippen MR) is 135 cm³/mol. The molecule has 0 bridgehead atoms. The first-order valence-electron chi connectivity index (χ1n) is 11.0. The van der Waals surface area contributed by atoms with Crippen LogP contribution in [0.25, 0.3) is 16.6 Å². The largest absolute Gasteiger partial charge is 0.341 e. The summed E-state index contributed by atoms with van der Waals surface area (Å²) >= 11 is 1.23. The minimum absolute atomic E-state index is 0.0571. The molecule has 170 valence electrons. The number of para-hydroxylation sites is 1. The maximum atomic E-state index is 13.3. The van der Waals surface area contributed by atoms with Crippen LogP contribution in [0.2, 0.25) is 0 Å². The Hall–Kier alpha value is -3.89. The number of fused-ring (bicyclic) bond motifs is 1. The molecular formula is C27H24N4O2S. The molecular weight excluding hydrogens is 444 g/mol. The zero-order valence-electron chi connectivity index (χ0n) is 19.1. The van der Waals surface area contributed by atoms with Crippen LogP contribution in [0.5, 0.6) is 0 Å². The molecule has 0 saturated heterocycles. The van der Waals surface area contributed by atoms with Crippen LogP contribution in [0.4, 0.5) is 0 Å². The second-order valence-electron chi connectivity index (χ2n) is 7.92. The number of aromatic nitrogens is 2.